The van der Waals surface area contributed by atoms with E-state index in [1.54, 1.807) is 0 Å². The second-order valence-corrected chi connectivity index (χ2v) is 14.8. The minimum absolute atomic E-state index is 0.0391. The molecule has 3 aliphatic rings. The first-order valence-electron chi connectivity index (χ1n) is 12.9. The molecule has 6 heterocycles. The number of aromatic nitrogens is 7. The van der Waals surface area contributed by atoms with Crippen LogP contribution in [0.3, 0.4) is 0 Å². The molecule has 0 radical (unpaired) electrons. The number of aliphatic hydroxyl groups excluding tert-OH is 1. The van der Waals surface area contributed by atoms with E-state index >= 15 is 13.2 Å². The van der Waals surface area contributed by atoms with Gasteiger partial charge in [0.25, 0.3) is 5.56 Å². The van der Waals surface area contributed by atoms with E-state index in [1.165, 1.54) is 0 Å². The van der Waals surface area contributed by atoms with Gasteiger partial charge in [0.15, 0.2) is 35.5 Å². The zero-order chi connectivity index (χ0) is 33.1. The van der Waals surface area contributed by atoms with Crippen molar-refractivity contribution in [3.63, 3.8) is 0 Å². The Morgan fingerprint density at radius 1 is 1.28 bits per heavy atom. The Hall–Kier alpha value is -2.57. The summed E-state index contributed by atoms with van der Waals surface area (Å²) in [5.41, 5.74) is 10.4. The van der Waals surface area contributed by atoms with Crippen molar-refractivity contribution in [2.45, 2.75) is 55.1 Å². The van der Waals surface area contributed by atoms with Gasteiger partial charge in [-0.3, -0.25) is 28.0 Å². The third-order valence-electron chi connectivity index (χ3n) is 7.05. The fraction of sp³-hybridized carbons (Fsp3) is 0.579. The number of alkyl halides is 3. The predicted octanol–water partition coefficient (Wildman–Crippen LogP) is 0.119. The number of halogens is 3. The molecule has 0 aromatic carbocycles. The third kappa shape index (κ3) is 6.09. The average molecular weight is 734 g/mol. The van der Waals surface area contributed by atoms with Crippen LogP contribution in [0.4, 0.5) is 24.9 Å². The Balaban J connectivity index is 1.21. The number of aromatic amines is 1. The van der Waals surface area contributed by atoms with Gasteiger partial charge in [0, 0.05) is 0 Å². The van der Waals surface area contributed by atoms with Crippen molar-refractivity contribution in [1.82, 2.24) is 39.8 Å². The second kappa shape index (κ2) is 12.5. The number of rotatable bonds is 10. The smallest absolute Gasteiger partial charge is 0.384 e. The predicted molar refractivity (Wildman–Crippen MR) is 156 cm³/mol. The van der Waals surface area contributed by atoms with Crippen molar-refractivity contribution in [3.05, 3.63) is 22.4 Å². The topological polar surface area (TPSA) is 271 Å². The highest BCUT2D eigenvalue weighted by molar-refractivity contribution is 8.44. The molecular formula is C19H24F3N11O9P2S2. The summed E-state index contributed by atoms with van der Waals surface area (Å²) in [5, 5.41) is 20.4. The summed E-state index contributed by atoms with van der Waals surface area (Å²) in [5.74, 6) is -4.44. The number of ether oxygens (including phenoxy) is 2. The van der Waals surface area contributed by atoms with Gasteiger partial charge in [-0.25, -0.2) is 18.9 Å². The number of nitrogens with two attached hydrogens (primary N) is 2. The minimum atomic E-state index is -4.69. The first-order chi connectivity index (χ1) is 21.7. The van der Waals surface area contributed by atoms with E-state index in [-0.39, 0.29) is 28.6 Å². The molecule has 2 fully saturated rings. The summed E-state index contributed by atoms with van der Waals surface area (Å²) in [6.07, 6.45) is -12.3. The Kier molecular flexibility index (Phi) is 9.03. The summed E-state index contributed by atoms with van der Waals surface area (Å²) in [4.78, 5) is 26.3. The molecule has 3 unspecified atom stereocenters. The number of nitrogens with one attached hydrogen (secondary N) is 2. The van der Waals surface area contributed by atoms with Gasteiger partial charge >= 0.3 is 12.7 Å². The molecule has 3 aliphatic heterocycles. The number of thiol groups is 2. The van der Waals surface area contributed by atoms with Gasteiger partial charge in [0.2, 0.25) is 19.4 Å². The van der Waals surface area contributed by atoms with Crippen LogP contribution in [-0.2, 0) is 32.2 Å². The van der Waals surface area contributed by atoms with Crippen molar-refractivity contribution in [2.75, 3.05) is 18.9 Å². The maximum atomic E-state index is 15.7. The maximum absolute atomic E-state index is 15.7. The highest BCUT2D eigenvalue weighted by atomic mass is 32.7. The van der Waals surface area contributed by atoms with Crippen LogP contribution in [0.15, 0.2) is 16.1 Å². The summed E-state index contributed by atoms with van der Waals surface area (Å²) >= 11 is 7.50. The SMILES string of the molecule is Nc1nc2c(ncn2[C@@H]2O[C@H](CO[PH](=O)S)[C@@H](F)[C@H]2OP(=O)(S)OC[C@H]2O[C@@H](n3nnc4c3N=CNC4N)C(F)(F)[C@@H]2O)c(=O)[nH]1. The molecular weight excluding hydrogens is 709 g/mol. The number of anilines is 1. The fourth-order valence-electron chi connectivity index (χ4n) is 4.92. The molecule has 6 rings (SSSR count). The Morgan fingerprint density at radius 3 is 2.78 bits per heavy atom. The van der Waals surface area contributed by atoms with Gasteiger partial charge in [-0.2, -0.15) is 18.4 Å². The lowest BCUT2D eigenvalue weighted by molar-refractivity contribution is -0.143. The molecule has 0 amide bonds. The van der Waals surface area contributed by atoms with Gasteiger partial charge in [-0.1, -0.05) is 29.7 Å². The molecule has 0 aliphatic carbocycles. The van der Waals surface area contributed by atoms with Gasteiger partial charge in [-0.05, 0) is 0 Å². The van der Waals surface area contributed by atoms with Crippen LogP contribution in [-0.4, -0.2) is 95.7 Å². The molecule has 2 saturated heterocycles. The van der Waals surface area contributed by atoms with Gasteiger partial charge < -0.3 is 35.9 Å². The molecule has 3 aromatic rings. The van der Waals surface area contributed by atoms with E-state index in [9.17, 15) is 19.0 Å². The van der Waals surface area contributed by atoms with Crippen molar-refractivity contribution in [3.8, 4) is 0 Å². The number of hydrogen-bond donors (Lipinski definition) is 7. The number of imidazole rings is 1. The molecule has 3 aromatic heterocycles. The van der Waals surface area contributed by atoms with Gasteiger partial charge in [0.05, 0.1) is 25.9 Å². The largest absolute Gasteiger partial charge is 0.386 e. The molecule has 0 saturated carbocycles. The summed E-state index contributed by atoms with van der Waals surface area (Å²) in [6.45, 7) is -6.27. The zero-order valence-corrected chi connectivity index (χ0v) is 26.3. The number of aliphatic hydroxyl groups is 1. The second-order valence-electron chi connectivity index (χ2n) is 9.99. The Labute approximate surface area is 265 Å². The van der Waals surface area contributed by atoms with Gasteiger partial charge in [-0.15, -0.1) is 5.10 Å². The molecule has 7 N–H and O–H groups in total. The number of H-pyrrole nitrogens is 1. The average Bonchev–Trinajstić information content (AvgIpc) is 3.72. The molecule has 0 spiro atoms. The first-order valence-corrected chi connectivity index (χ1v) is 18.2. The molecule has 252 valence electrons. The van der Waals surface area contributed by atoms with Gasteiger partial charge in [0.1, 0.15) is 30.2 Å². The molecule has 10 atom stereocenters. The van der Waals surface area contributed by atoms with Crippen LogP contribution < -0.4 is 22.3 Å². The van der Waals surface area contributed by atoms with Crippen molar-refractivity contribution in [2.24, 2.45) is 10.7 Å². The highest BCUT2D eigenvalue weighted by Crippen LogP contribution is 2.58. The lowest BCUT2D eigenvalue weighted by Gasteiger charge is -2.25. The van der Waals surface area contributed by atoms with Crippen molar-refractivity contribution < 1.29 is 50.5 Å². The minimum Gasteiger partial charge on any atom is -0.384 e. The summed E-state index contributed by atoms with van der Waals surface area (Å²) in [6, 6.07) is 0. The van der Waals surface area contributed by atoms with Crippen molar-refractivity contribution >= 4 is 67.8 Å². The number of hydrogen-bond acceptors (Lipinski definition) is 17. The van der Waals surface area contributed by atoms with Crippen LogP contribution >= 0.6 is 38.5 Å². The molecule has 20 nitrogen and oxygen atoms in total. The van der Waals surface area contributed by atoms with Crippen molar-refractivity contribution in [1.29, 1.82) is 0 Å². The maximum Gasteiger partial charge on any atom is 0.386 e. The normalized spacial score (nSPS) is 32.3. The number of aliphatic imine (C=N–C) groups is 1. The van der Waals surface area contributed by atoms with Crippen LogP contribution in [0, 0.1) is 0 Å². The van der Waals surface area contributed by atoms with Crippen LogP contribution in [0.1, 0.15) is 24.3 Å². The molecule has 46 heavy (non-hydrogen) atoms. The Bertz CT molecular complexity index is 1800. The van der Waals surface area contributed by atoms with Crippen LogP contribution in [0.25, 0.3) is 11.2 Å². The number of fused-ring (bicyclic) bond motifs is 2. The van der Waals surface area contributed by atoms with E-state index in [0.29, 0.717) is 4.68 Å². The molecule has 27 heteroatoms. The highest BCUT2D eigenvalue weighted by Gasteiger charge is 2.61. The monoisotopic (exact) mass is 733 g/mol. The first kappa shape index (κ1) is 33.3. The van der Waals surface area contributed by atoms with E-state index in [1.807, 2.05) is 0 Å². The third-order valence-corrected chi connectivity index (χ3v) is 9.46. The number of nitrogens with zero attached hydrogens (tertiary/aromatic N) is 7. The van der Waals surface area contributed by atoms with E-state index < -0.39 is 87.9 Å². The van der Waals surface area contributed by atoms with Crippen LogP contribution in [0.5, 0.6) is 0 Å². The summed E-state index contributed by atoms with van der Waals surface area (Å²) < 4.78 is 98.9. The fourth-order valence-corrected chi connectivity index (χ4v) is 6.90. The van der Waals surface area contributed by atoms with Crippen LogP contribution in [0.2, 0.25) is 0 Å². The summed E-state index contributed by atoms with van der Waals surface area (Å²) in [7, 11) is -2.83. The lowest BCUT2D eigenvalue weighted by Crippen LogP contribution is -2.40. The zero-order valence-electron chi connectivity index (χ0n) is 22.7. The van der Waals surface area contributed by atoms with E-state index in [4.69, 9.17) is 34.5 Å². The van der Waals surface area contributed by atoms with E-state index in [2.05, 4.69) is 60.1 Å². The standard InChI is InChI=1S/C19H24F3N11O9P2S2/c20-7-5(1-38-43(36)45)40-16(32-4-27-9-14(32)28-18(24)29-15(9)35)10(7)42-44(37,46)39-2-6-11(34)19(21,22)17(41-6)33-13-8(30-31-33)12(23)25-3-26-13/h3-7,10-12,16-17,34,43H,1-2,23H2,(H,25,26)(H,36,45)(H,37,46)(H3,24,28,29,35)/t5-,6-,7-,10-,11-,12?,16-,17-,44?/m1/s1. The molecule has 0 bridgehead atoms. The number of nitrogen functional groups attached to an aromatic ring is 1. The van der Waals surface area contributed by atoms with E-state index in [0.717, 1.165) is 17.2 Å². The lowest BCUT2D eigenvalue weighted by atomic mass is 10.1. The Morgan fingerprint density at radius 2 is 2.04 bits per heavy atom. The quantitative estimate of drug-likeness (QED) is 0.108.